The van der Waals surface area contributed by atoms with E-state index in [1.165, 1.54) is 0 Å². The fourth-order valence-corrected chi connectivity index (χ4v) is 8.41. The molecule has 1 heterocycles. The van der Waals surface area contributed by atoms with E-state index in [0.29, 0.717) is 31.6 Å². The third-order valence-corrected chi connectivity index (χ3v) is 11.2. The maximum absolute atomic E-state index is 14.4. The standard InChI is InChI=1S/C35H38F2N4O3/c1-30(2,43)25-9-7-23(8-10-25)24-5-4-6-26(17-24)41(29(42)35-18-33(19-35,20-35)21-38)22-32-11-14-34(15-12-32,16-13-32)27-39-28(44-40-27)31(3,36)37/h4-10,17,43H,11-16,18-20,22H2,1-3H3. The Morgan fingerprint density at radius 1 is 1.00 bits per heavy atom. The molecule has 3 aromatic rings. The number of alkyl halides is 2. The highest BCUT2D eigenvalue weighted by Gasteiger charge is 2.73. The molecular formula is C35H38F2N4O3. The van der Waals surface area contributed by atoms with Crippen molar-refractivity contribution < 1.29 is 23.2 Å². The Balaban J connectivity index is 1.16. The predicted molar refractivity (Wildman–Crippen MR) is 159 cm³/mol. The minimum absolute atomic E-state index is 0.0977. The van der Waals surface area contributed by atoms with Crippen LogP contribution in [-0.4, -0.2) is 27.7 Å². The summed E-state index contributed by atoms with van der Waals surface area (Å²) in [6.45, 7) is 4.87. The van der Waals surface area contributed by atoms with Gasteiger partial charge in [0.2, 0.25) is 5.91 Å². The number of nitrogens with zero attached hydrogens (tertiary/aromatic N) is 4. The van der Waals surface area contributed by atoms with E-state index in [-0.39, 0.29) is 22.2 Å². The van der Waals surface area contributed by atoms with Crippen LogP contribution in [0, 0.1) is 27.6 Å². The number of fused-ring (bicyclic) bond motifs is 3. The molecule has 2 aromatic carbocycles. The van der Waals surface area contributed by atoms with Crippen LogP contribution in [0.25, 0.3) is 11.1 Å². The van der Waals surface area contributed by atoms with Crippen molar-refractivity contribution >= 4 is 11.6 Å². The Morgan fingerprint density at radius 3 is 2.18 bits per heavy atom. The third kappa shape index (κ3) is 4.56. The van der Waals surface area contributed by atoms with Gasteiger partial charge in [-0.05, 0) is 106 Å². The molecule has 6 aliphatic carbocycles. The second kappa shape index (κ2) is 9.43. The minimum atomic E-state index is -3.17. The molecule has 1 amide bonds. The first-order valence-electron chi connectivity index (χ1n) is 15.6. The van der Waals surface area contributed by atoms with Crippen LogP contribution in [-0.2, 0) is 21.7 Å². The lowest BCUT2D eigenvalue weighted by Crippen LogP contribution is -2.68. The maximum atomic E-state index is 14.4. The molecule has 6 saturated carbocycles. The molecule has 4 bridgehead atoms. The normalized spacial score (nSPS) is 30.7. The zero-order chi connectivity index (χ0) is 31.2. The molecule has 7 nitrogen and oxygen atoms in total. The molecule has 44 heavy (non-hydrogen) atoms. The van der Waals surface area contributed by atoms with Crippen molar-refractivity contribution in [3.05, 3.63) is 65.8 Å². The molecule has 0 saturated heterocycles. The molecule has 6 fully saturated rings. The molecule has 0 spiro atoms. The fourth-order valence-electron chi connectivity index (χ4n) is 8.41. The first kappa shape index (κ1) is 29.1. The first-order valence-corrected chi connectivity index (χ1v) is 15.6. The molecule has 1 aromatic heterocycles. The molecule has 6 aliphatic rings. The Morgan fingerprint density at radius 2 is 1.64 bits per heavy atom. The smallest absolute Gasteiger partial charge is 0.322 e. The van der Waals surface area contributed by atoms with E-state index in [1.807, 2.05) is 47.4 Å². The molecule has 0 aliphatic heterocycles. The number of benzene rings is 2. The highest BCUT2D eigenvalue weighted by atomic mass is 19.3. The van der Waals surface area contributed by atoms with Gasteiger partial charge in [0, 0.05) is 24.6 Å². The summed E-state index contributed by atoms with van der Waals surface area (Å²) in [5.74, 6) is -3.32. The molecule has 230 valence electrons. The molecule has 0 radical (unpaired) electrons. The van der Waals surface area contributed by atoms with Crippen LogP contribution < -0.4 is 4.90 Å². The lowest BCUT2D eigenvalue weighted by Gasteiger charge is -2.66. The monoisotopic (exact) mass is 600 g/mol. The van der Waals surface area contributed by atoms with E-state index >= 15 is 0 Å². The van der Waals surface area contributed by atoms with E-state index in [0.717, 1.165) is 67.8 Å². The van der Waals surface area contributed by atoms with Crippen molar-refractivity contribution in [2.45, 2.75) is 95.5 Å². The number of hydrogen-bond acceptors (Lipinski definition) is 6. The minimum Gasteiger partial charge on any atom is -0.386 e. The highest BCUT2D eigenvalue weighted by molar-refractivity contribution is 6.00. The number of rotatable bonds is 8. The van der Waals surface area contributed by atoms with Gasteiger partial charge in [-0.2, -0.15) is 19.0 Å². The molecular weight excluding hydrogens is 562 g/mol. The number of aliphatic hydroxyl groups is 1. The summed E-state index contributed by atoms with van der Waals surface area (Å²) in [4.78, 5) is 20.5. The van der Waals surface area contributed by atoms with E-state index in [4.69, 9.17) is 4.52 Å². The van der Waals surface area contributed by atoms with Gasteiger partial charge in [-0.3, -0.25) is 4.79 Å². The number of halogens is 2. The van der Waals surface area contributed by atoms with Crippen molar-refractivity contribution in [3.8, 4) is 17.2 Å². The summed E-state index contributed by atoms with van der Waals surface area (Å²) < 4.78 is 32.6. The Hall–Kier alpha value is -3.64. The summed E-state index contributed by atoms with van der Waals surface area (Å²) in [5.41, 5.74) is 1.46. The number of hydrogen-bond donors (Lipinski definition) is 1. The maximum Gasteiger partial charge on any atom is 0.322 e. The van der Waals surface area contributed by atoms with Gasteiger partial charge in [0.05, 0.1) is 22.5 Å². The average Bonchev–Trinajstić information content (AvgIpc) is 3.48. The molecule has 9 rings (SSSR count). The number of amides is 1. The third-order valence-electron chi connectivity index (χ3n) is 11.2. The van der Waals surface area contributed by atoms with Gasteiger partial charge in [0.1, 0.15) is 0 Å². The fraction of sp³-hybridized carbons (Fsp3) is 0.543. The number of aromatic nitrogens is 2. The Kier molecular flexibility index (Phi) is 6.24. The molecule has 0 atom stereocenters. The van der Waals surface area contributed by atoms with E-state index in [9.17, 15) is 23.9 Å². The summed E-state index contributed by atoms with van der Waals surface area (Å²) in [6.07, 6.45) is 6.70. The quantitative estimate of drug-likeness (QED) is 0.289. The van der Waals surface area contributed by atoms with Crippen LogP contribution in [0.2, 0.25) is 0 Å². The van der Waals surface area contributed by atoms with Gasteiger partial charge in [-0.1, -0.05) is 41.6 Å². The SMILES string of the molecule is CC(C)(O)c1ccc(-c2cccc(N(CC34CCC(c5noc(C(C)(F)F)n5)(CC3)CC4)C(=O)C34CC(C#N)(C3)C4)c2)cc1. The van der Waals surface area contributed by atoms with E-state index in [2.05, 4.69) is 22.3 Å². The molecule has 1 N–H and O–H groups in total. The van der Waals surface area contributed by atoms with Crippen molar-refractivity contribution in [1.29, 1.82) is 5.26 Å². The van der Waals surface area contributed by atoms with Crippen LogP contribution in [0.1, 0.15) is 95.8 Å². The van der Waals surface area contributed by atoms with Gasteiger partial charge in [-0.15, -0.1) is 0 Å². The Labute approximate surface area is 256 Å². The number of carbonyl (C=O) groups excluding carboxylic acids is 1. The second-order valence-electron chi connectivity index (χ2n) is 14.9. The zero-order valence-electron chi connectivity index (χ0n) is 25.5. The van der Waals surface area contributed by atoms with Crippen molar-refractivity contribution in [2.24, 2.45) is 16.2 Å². The average molecular weight is 601 g/mol. The number of carbonyl (C=O) groups is 1. The van der Waals surface area contributed by atoms with E-state index < -0.39 is 22.8 Å². The summed E-state index contributed by atoms with van der Waals surface area (Å²) in [5, 5.41) is 24.0. The van der Waals surface area contributed by atoms with Crippen LogP contribution in [0.15, 0.2) is 53.1 Å². The van der Waals surface area contributed by atoms with Crippen LogP contribution in [0.5, 0.6) is 0 Å². The van der Waals surface area contributed by atoms with Crippen molar-refractivity contribution in [3.63, 3.8) is 0 Å². The predicted octanol–water partition coefficient (Wildman–Crippen LogP) is 7.39. The first-order chi connectivity index (χ1) is 20.7. The molecule has 0 unspecified atom stereocenters. The van der Waals surface area contributed by atoms with Gasteiger partial charge in [-0.25, -0.2) is 0 Å². The van der Waals surface area contributed by atoms with Gasteiger partial charge in [0.25, 0.3) is 5.89 Å². The lowest BCUT2D eigenvalue weighted by molar-refractivity contribution is -0.182. The summed E-state index contributed by atoms with van der Waals surface area (Å²) >= 11 is 0. The van der Waals surface area contributed by atoms with Crippen molar-refractivity contribution in [2.75, 3.05) is 11.4 Å². The van der Waals surface area contributed by atoms with E-state index in [1.54, 1.807) is 13.8 Å². The van der Waals surface area contributed by atoms with Gasteiger partial charge >= 0.3 is 5.92 Å². The zero-order valence-corrected chi connectivity index (χ0v) is 25.5. The Bertz CT molecular complexity index is 1620. The lowest BCUT2D eigenvalue weighted by atomic mass is 9.35. The van der Waals surface area contributed by atoms with Gasteiger partial charge < -0.3 is 14.5 Å². The number of anilines is 1. The second-order valence-corrected chi connectivity index (χ2v) is 14.9. The number of nitriles is 1. The van der Waals surface area contributed by atoms with Crippen LogP contribution in [0.3, 0.4) is 0 Å². The summed E-state index contributed by atoms with van der Waals surface area (Å²) in [7, 11) is 0. The highest BCUT2D eigenvalue weighted by Crippen LogP contribution is 2.73. The summed E-state index contributed by atoms with van der Waals surface area (Å²) in [6, 6.07) is 18.4. The van der Waals surface area contributed by atoms with Crippen molar-refractivity contribution in [1.82, 2.24) is 10.1 Å². The van der Waals surface area contributed by atoms with Crippen LogP contribution >= 0.6 is 0 Å². The van der Waals surface area contributed by atoms with Gasteiger partial charge in [0.15, 0.2) is 5.82 Å². The largest absolute Gasteiger partial charge is 0.386 e. The molecule has 9 heteroatoms. The van der Waals surface area contributed by atoms with Crippen LogP contribution in [0.4, 0.5) is 14.5 Å². The topological polar surface area (TPSA) is 103 Å².